The molecule has 21 heavy (non-hydrogen) atoms. The standard InChI is InChI=1S/C17H25N3O/c1-4-6-12-20-15-11-8-7-10-14(15)19-17(20)13(3)18-16(21)9-5-2/h7-8,10-11,13H,4-6,9,12H2,1-3H3,(H,18,21)/t13-/m1/s1. The van der Waals surface area contributed by atoms with Crippen molar-refractivity contribution in [1.29, 1.82) is 0 Å². The molecule has 2 aromatic rings. The molecule has 1 heterocycles. The second-order valence-electron chi connectivity index (χ2n) is 5.50. The number of benzene rings is 1. The highest BCUT2D eigenvalue weighted by atomic mass is 16.1. The summed E-state index contributed by atoms with van der Waals surface area (Å²) >= 11 is 0. The van der Waals surface area contributed by atoms with Gasteiger partial charge in [0.1, 0.15) is 5.82 Å². The van der Waals surface area contributed by atoms with Gasteiger partial charge in [0.05, 0.1) is 17.1 Å². The maximum absolute atomic E-state index is 11.8. The van der Waals surface area contributed by atoms with Crippen LogP contribution in [0.15, 0.2) is 24.3 Å². The molecule has 0 aliphatic heterocycles. The lowest BCUT2D eigenvalue weighted by molar-refractivity contribution is -0.121. The van der Waals surface area contributed by atoms with Crippen molar-refractivity contribution in [3.05, 3.63) is 30.1 Å². The van der Waals surface area contributed by atoms with E-state index in [-0.39, 0.29) is 11.9 Å². The molecule has 1 aromatic carbocycles. The van der Waals surface area contributed by atoms with Gasteiger partial charge in [-0.25, -0.2) is 4.98 Å². The number of nitrogens with zero attached hydrogens (tertiary/aromatic N) is 2. The Morgan fingerprint density at radius 3 is 2.76 bits per heavy atom. The molecule has 0 aliphatic carbocycles. The molecule has 4 heteroatoms. The van der Waals surface area contributed by atoms with Crippen molar-refractivity contribution >= 4 is 16.9 Å². The Bertz CT molecular complexity index is 603. The zero-order valence-electron chi connectivity index (χ0n) is 13.2. The van der Waals surface area contributed by atoms with Crippen LogP contribution >= 0.6 is 0 Å². The number of unbranched alkanes of at least 4 members (excludes halogenated alkanes) is 1. The first-order valence-corrected chi connectivity index (χ1v) is 7.91. The minimum absolute atomic E-state index is 0.0618. The van der Waals surface area contributed by atoms with Crippen LogP contribution in [0.25, 0.3) is 11.0 Å². The summed E-state index contributed by atoms with van der Waals surface area (Å²) in [6.45, 7) is 7.16. The summed E-state index contributed by atoms with van der Waals surface area (Å²) in [7, 11) is 0. The normalized spacial score (nSPS) is 12.5. The number of hydrogen-bond donors (Lipinski definition) is 1. The summed E-state index contributed by atoms with van der Waals surface area (Å²) in [6.07, 6.45) is 3.69. The first-order valence-electron chi connectivity index (χ1n) is 7.91. The molecule has 0 unspecified atom stereocenters. The lowest BCUT2D eigenvalue weighted by atomic mass is 10.2. The topological polar surface area (TPSA) is 46.9 Å². The van der Waals surface area contributed by atoms with E-state index in [0.29, 0.717) is 6.42 Å². The van der Waals surface area contributed by atoms with Gasteiger partial charge in [-0.1, -0.05) is 32.4 Å². The second kappa shape index (κ2) is 7.25. The fourth-order valence-corrected chi connectivity index (χ4v) is 2.58. The Kier molecular flexibility index (Phi) is 5.37. The maximum atomic E-state index is 11.8. The second-order valence-corrected chi connectivity index (χ2v) is 5.50. The van der Waals surface area contributed by atoms with Crippen LogP contribution in [-0.4, -0.2) is 15.5 Å². The van der Waals surface area contributed by atoms with E-state index >= 15 is 0 Å². The lowest BCUT2D eigenvalue weighted by Crippen LogP contribution is -2.28. The molecular weight excluding hydrogens is 262 g/mol. The summed E-state index contributed by atoms with van der Waals surface area (Å²) in [5, 5.41) is 3.05. The van der Waals surface area contributed by atoms with Crippen LogP contribution in [0.5, 0.6) is 0 Å². The molecule has 2 rings (SSSR count). The molecule has 1 amide bonds. The number of nitrogens with one attached hydrogen (secondary N) is 1. The number of hydrogen-bond acceptors (Lipinski definition) is 2. The van der Waals surface area contributed by atoms with Gasteiger partial charge in [-0.2, -0.15) is 0 Å². The number of carbonyl (C=O) groups excluding carboxylic acids is 1. The fourth-order valence-electron chi connectivity index (χ4n) is 2.58. The molecule has 1 N–H and O–H groups in total. The number of rotatable bonds is 7. The van der Waals surface area contributed by atoms with E-state index in [4.69, 9.17) is 4.98 Å². The lowest BCUT2D eigenvalue weighted by Gasteiger charge is -2.16. The summed E-state index contributed by atoms with van der Waals surface area (Å²) in [4.78, 5) is 16.5. The summed E-state index contributed by atoms with van der Waals surface area (Å²) in [5.74, 6) is 1.05. The van der Waals surface area contributed by atoms with Crippen molar-refractivity contribution < 1.29 is 4.79 Å². The zero-order chi connectivity index (χ0) is 15.2. The number of amides is 1. The number of aryl methyl sites for hydroxylation is 1. The van der Waals surface area contributed by atoms with E-state index in [1.54, 1.807) is 0 Å². The van der Waals surface area contributed by atoms with E-state index in [2.05, 4.69) is 22.9 Å². The maximum Gasteiger partial charge on any atom is 0.220 e. The minimum Gasteiger partial charge on any atom is -0.346 e. The Hall–Kier alpha value is -1.84. The first kappa shape index (κ1) is 15.5. The molecule has 1 atom stereocenters. The molecule has 4 nitrogen and oxygen atoms in total. The summed E-state index contributed by atoms with van der Waals surface area (Å²) in [5.41, 5.74) is 2.15. The van der Waals surface area contributed by atoms with Gasteiger partial charge in [0.15, 0.2) is 0 Å². The Labute approximate surface area is 126 Å². The number of fused-ring (bicyclic) bond motifs is 1. The third kappa shape index (κ3) is 3.63. The van der Waals surface area contributed by atoms with Crippen LogP contribution < -0.4 is 5.32 Å². The van der Waals surface area contributed by atoms with Crippen molar-refractivity contribution in [2.75, 3.05) is 0 Å². The predicted molar refractivity (Wildman–Crippen MR) is 86.1 cm³/mol. The van der Waals surface area contributed by atoms with Crippen LogP contribution in [0.2, 0.25) is 0 Å². The van der Waals surface area contributed by atoms with Gasteiger partial charge in [-0.15, -0.1) is 0 Å². The van der Waals surface area contributed by atoms with Crippen LogP contribution in [0.4, 0.5) is 0 Å². The molecule has 0 radical (unpaired) electrons. The highest BCUT2D eigenvalue weighted by Crippen LogP contribution is 2.21. The molecule has 1 aromatic heterocycles. The third-order valence-electron chi connectivity index (χ3n) is 3.66. The first-order chi connectivity index (χ1) is 10.2. The Balaban J connectivity index is 2.30. The quantitative estimate of drug-likeness (QED) is 0.841. The molecule has 0 fully saturated rings. The molecular formula is C17H25N3O. The fraction of sp³-hybridized carbons (Fsp3) is 0.529. The van der Waals surface area contributed by atoms with Crippen LogP contribution in [0.3, 0.4) is 0 Å². The van der Waals surface area contributed by atoms with Gasteiger partial charge in [0.25, 0.3) is 0 Å². The third-order valence-corrected chi connectivity index (χ3v) is 3.66. The summed E-state index contributed by atoms with van der Waals surface area (Å²) in [6, 6.07) is 8.11. The molecule has 114 valence electrons. The highest BCUT2D eigenvalue weighted by molar-refractivity contribution is 5.78. The van der Waals surface area contributed by atoms with Crippen molar-refractivity contribution in [2.24, 2.45) is 0 Å². The van der Waals surface area contributed by atoms with Crippen molar-refractivity contribution in [3.8, 4) is 0 Å². The van der Waals surface area contributed by atoms with E-state index < -0.39 is 0 Å². The van der Waals surface area contributed by atoms with Gasteiger partial charge in [-0.3, -0.25) is 4.79 Å². The van der Waals surface area contributed by atoms with E-state index in [1.165, 1.54) is 0 Å². The predicted octanol–water partition coefficient (Wildman–Crippen LogP) is 3.81. The molecule has 0 bridgehead atoms. The highest BCUT2D eigenvalue weighted by Gasteiger charge is 2.17. The van der Waals surface area contributed by atoms with Gasteiger partial charge in [0.2, 0.25) is 5.91 Å². The number of carbonyl (C=O) groups is 1. The van der Waals surface area contributed by atoms with Gasteiger partial charge in [-0.05, 0) is 31.9 Å². The van der Waals surface area contributed by atoms with Crippen molar-refractivity contribution in [2.45, 2.75) is 59.0 Å². The average Bonchev–Trinajstić information content (AvgIpc) is 2.84. The number of para-hydroxylation sites is 2. The van der Waals surface area contributed by atoms with Gasteiger partial charge in [0, 0.05) is 13.0 Å². The number of aromatic nitrogens is 2. The monoisotopic (exact) mass is 287 g/mol. The molecule has 0 aliphatic rings. The molecule has 0 saturated heterocycles. The largest absolute Gasteiger partial charge is 0.346 e. The van der Waals surface area contributed by atoms with Crippen LogP contribution in [0.1, 0.15) is 58.3 Å². The Morgan fingerprint density at radius 2 is 2.05 bits per heavy atom. The summed E-state index contributed by atoms with van der Waals surface area (Å²) < 4.78 is 2.25. The average molecular weight is 287 g/mol. The van der Waals surface area contributed by atoms with Crippen LogP contribution in [-0.2, 0) is 11.3 Å². The molecule has 0 saturated carbocycles. The van der Waals surface area contributed by atoms with Crippen molar-refractivity contribution in [1.82, 2.24) is 14.9 Å². The van der Waals surface area contributed by atoms with E-state index in [1.807, 2.05) is 32.0 Å². The SMILES string of the molecule is CCCCn1c([C@@H](C)NC(=O)CCC)nc2ccccc21. The van der Waals surface area contributed by atoms with Gasteiger partial charge >= 0.3 is 0 Å². The van der Waals surface area contributed by atoms with Crippen molar-refractivity contribution in [3.63, 3.8) is 0 Å². The Morgan fingerprint density at radius 1 is 1.29 bits per heavy atom. The molecule has 0 spiro atoms. The van der Waals surface area contributed by atoms with Gasteiger partial charge < -0.3 is 9.88 Å². The minimum atomic E-state index is -0.0618. The number of imidazole rings is 1. The zero-order valence-corrected chi connectivity index (χ0v) is 13.2. The van der Waals surface area contributed by atoms with E-state index in [9.17, 15) is 4.79 Å². The van der Waals surface area contributed by atoms with Crippen LogP contribution in [0, 0.1) is 0 Å². The van der Waals surface area contributed by atoms with E-state index in [0.717, 1.165) is 42.7 Å². The smallest absolute Gasteiger partial charge is 0.220 e.